The Balaban J connectivity index is 2.33. The third-order valence-electron chi connectivity index (χ3n) is 1.68. The Labute approximate surface area is 71.4 Å². The number of aromatic nitrogens is 2. The Morgan fingerprint density at radius 3 is 3.08 bits per heavy atom. The summed E-state index contributed by atoms with van der Waals surface area (Å²) in [6, 6.07) is 0. The van der Waals surface area contributed by atoms with Gasteiger partial charge in [-0.3, -0.25) is 4.79 Å². The van der Waals surface area contributed by atoms with Gasteiger partial charge in [0.15, 0.2) is 0 Å². The molecule has 4 heteroatoms. The summed E-state index contributed by atoms with van der Waals surface area (Å²) in [5.41, 5.74) is 5.00. The van der Waals surface area contributed by atoms with Crippen molar-refractivity contribution in [2.24, 2.45) is 5.73 Å². The van der Waals surface area contributed by atoms with E-state index in [9.17, 15) is 4.79 Å². The van der Waals surface area contributed by atoms with Gasteiger partial charge in [0.25, 0.3) is 0 Å². The Morgan fingerprint density at radius 2 is 2.58 bits per heavy atom. The molecule has 1 radical (unpaired) electrons. The van der Waals surface area contributed by atoms with E-state index in [1.165, 1.54) is 0 Å². The van der Waals surface area contributed by atoms with Crippen molar-refractivity contribution in [3.8, 4) is 0 Å². The molecule has 0 fully saturated rings. The Kier molecular flexibility index (Phi) is 2.85. The Bertz CT molecular complexity index is 267. The molecule has 0 saturated heterocycles. The van der Waals surface area contributed by atoms with Gasteiger partial charge in [0.05, 0.1) is 0 Å². The number of nitrogens with two attached hydrogens (primary N) is 1. The van der Waals surface area contributed by atoms with E-state index >= 15 is 0 Å². The Morgan fingerprint density at radius 1 is 1.83 bits per heavy atom. The van der Waals surface area contributed by atoms with Gasteiger partial charge in [-0.2, -0.15) is 0 Å². The fourth-order valence-electron chi connectivity index (χ4n) is 1.000. The lowest BCUT2D eigenvalue weighted by molar-refractivity contribution is -0.118. The molecule has 4 nitrogen and oxygen atoms in total. The smallest absolute Gasteiger partial charge is 0.217 e. The normalized spacial score (nSPS) is 10.1. The maximum atomic E-state index is 10.4. The predicted octanol–water partition coefficient (Wildman–Crippen LogP) is 0.257. The average molecular weight is 166 g/mol. The molecule has 0 saturated carbocycles. The van der Waals surface area contributed by atoms with Crippen LogP contribution in [0.3, 0.4) is 0 Å². The third kappa shape index (κ3) is 2.38. The van der Waals surface area contributed by atoms with E-state index in [4.69, 9.17) is 5.73 Å². The van der Waals surface area contributed by atoms with E-state index in [2.05, 4.69) is 11.2 Å². The van der Waals surface area contributed by atoms with Crippen molar-refractivity contribution < 1.29 is 4.79 Å². The first-order valence-electron chi connectivity index (χ1n) is 3.88. The van der Waals surface area contributed by atoms with Crippen LogP contribution in [0.2, 0.25) is 0 Å². The van der Waals surface area contributed by atoms with Crippen molar-refractivity contribution in [1.82, 2.24) is 9.55 Å². The summed E-state index contributed by atoms with van der Waals surface area (Å²) < 4.78 is 1.95. The molecular weight excluding hydrogens is 154 g/mol. The summed E-state index contributed by atoms with van der Waals surface area (Å²) in [7, 11) is 0. The van der Waals surface area contributed by atoms with Crippen molar-refractivity contribution in [3.05, 3.63) is 18.2 Å². The van der Waals surface area contributed by atoms with Crippen LogP contribution in [-0.2, 0) is 11.3 Å². The fraction of sp³-hybridized carbons (Fsp3) is 0.500. The van der Waals surface area contributed by atoms with Crippen molar-refractivity contribution in [1.29, 1.82) is 0 Å². The molecule has 1 amide bonds. The topological polar surface area (TPSA) is 60.9 Å². The van der Waals surface area contributed by atoms with Crippen LogP contribution in [0, 0.1) is 13.1 Å². The maximum absolute atomic E-state index is 10.4. The molecule has 65 valence electrons. The van der Waals surface area contributed by atoms with Crippen LogP contribution in [0.4, 0.5) is 0 Å². The van der Waals surface area contributed by atoms with E-state index in [1.54, 1.807) is 6.20 Å². The third-order valence-corrected chi connectivity index (χ3v) is 1.68. The molecule has 0 aliphatic heterocycles. The van der Waals surface area contributed by atoms with E-state index in [1.807, 2.05) is 11.5 Å². The van der Waals surface area contributed by atoms with Crippen molar-refractivity contribution in [3.63, 3.8) is 0 Å². The highest BCUT2D eigenvalue weighted by Crippen LogP contribution is 1.98. The van der Waals surface area contributed by atoms with E-state index in [-0.39, 0.29) is 5.91 Å². The first-order valence-corrected chi connectivity index (χ1v) is 3.88. The lowest BCUT2D eigenvalue weighted by Crippen LogP contribution is -2.11. The van der Waals surface area contributed by atoms with Crippen LogP contribution >= 0.6 is 0 Å². The standard InChI is InChI=1S/C8H12N3O/c1-7-10-4-6-11(7)5-2-3-8(9)12/h6H,2-3,5H2,1H3,(H2,9,12). The van der Waals surface area contributed by atoms with Gasteiger partial charge in [-0.1, -0.05) is 0 Å². The number of carbonyl (C=O) groups is 1. The van der Waals surface area contributed by atoms with Gasteiger partial charge in [0, 0.05) is 19.2 Å². The van der Waals surface area contributed by atoms with E-state index in [0.717, 1.165) is 18.8 Å². The number of imidazole rings is 1. The second kappa shape index (κ2) is 3.90. The van der Waals surface area contributed by atoms with E-state index < -0.39 is 0 Å². The van der Waals surface area contributed by atoms with Crippen LogP contribution in [0.5, 0.6) is 0 Å². The second-order valence-electron chi connectivity index (χ2n) is 2.68. The Hall–Kier alpha value is -1.32. The van der Waals surface area contributed by atoms with Crippen LogP contribution in [0.15, 0.2) is 6.20 Å². The molecule has 0 atom stereocenters. The highest BCUT2D eigenvalue weighted by Gasteiger charge is 1.98. The molecule has 0 spiro atoms. The number of hydrogen-bond donors (Lipinski definition) is 1. The summed E-state index contributed by atoms with van der Waals surface area (Å²) in [6.07, 6.45) is 5.70. The molecule has 1 rings (SSSR count). The number of nitrogens with zero attached hydrogens (tertiary/aromatic N) is 2. The average Bonchev–Trinajstić information content (AvgIpc) is 2.36. The maximum Gasteiger partial charge on any atom is 0.217 e. The van der Waals surface area contributed by atoms with Crippen LogP contribution in [-0.4, -0.2) is 15.5 Å². The molecule has 0 aliphatic rings. The lowest BCUT2D eigenvalue weighted by atomic mass is 10.3. The molecule has 0 aliphatic carbocycles. The zero-order chi connectivity index (χ0) is 8.97. The molecule has 0 unspecified atom stereocenters. The van der Waals surface area contributed by atoms with Gasteiger partial charge in [-0.15, -0.1) is 0 Å². The van der Waals surface area contributed by atoms with Crippen molar-refractivity contribution >= 4 is 5.91 Å². The highest BCUT2D eigenvalue weighted by molar-refractivity contribution is 5.73. The molecule has 2 N–H and O–H groups in total. The summed E-state index contributed by atoms with van der Waals surface area (Å²) in [5.74, 6) is 0.663. The van der Waals surface area contributed by atoms with Crippen LogP contribution in [0.25, 0.3) is 0 Å². The molecule has 12 heavy (non-hydrogen) atoms. The molecule has 0 aromatic carbocycles. The number of aryl methyl sites for hydroxylation is 2. The van der Waals surface area contributed by atoms with Crippen molar-refractivity contribution in [2.75, 3.05) is 0 Å². The van der Waals surface area contributed by atoms with Crippen LogP contribution < -0.4 is 5.73 Å². The first-order chi connectivity index (χ1) is 5.70. The number of carbonyl (C=O) groups excluding carboxylic acids is 1. The minimum absolute atomic E-state index is 0.253. The lowest BCUT2D eigenvalue weighted by Gasteiger charge is -2.02. The summed E-state index contributed by atoms with van der Waals surface area (Å²) in [4.78, 5) is 14.3. The second-order valence-corrected chi connectivity index (χ2v) is 2.68. The minimum Gasteiger partial charge on any atom is -0.370 e. The highest BCUT2D eigenvalue weighted by atomic mass is 16.1. The van der Waals surface area contributed by atoms with Gasteiger partial charge in [-0.25, -0.2) is 4.98 Å². The molecule has 0 bridgehead atoms. The number of hydrogen-bond acceptors (Lipinski definition) is 2. The van der Waals surface area contributed by atoms with Crippen molar-refractivity contribution in [2.45, 2.75) is 26.3 Å². The number of rotatable bonds is 4. The molecule has 1 heterocycles. The molecular formula is C8H12N3O. The fourth-order valence-corrected chi connectivity index (χ4v) is 1.000. The monoisotopic (exact) mass is 166 g/mol. The van der Waals surface area contributed by atoms with Gasteiger partial charge < -0.3 is 10.3 Å². The summed E-state index contributed by atoms with van der Waals surface area (Å²) >= 11 is 0. The minimum atomic E-state index is -0.253. The van der Waals surface area contributed by atoms with Gasteiger partial charge >= 0.3 is 0 Å². The van der Waals surface area contributed by atoms with Gasteiger partial charge in [0.2, 0.25) is 5.91 Å². The summed E-state index contributed by atoms with van der Waals surface area (Å²) in [5, 5.41) is 0. The van der Waals surface area contributed by atoms with Crippen LogP contribution in [0.1, 0.15) is 18.7 Å². The van der Waals surface area contributed by atoms with Gasteiger partial charge in [0.1, 0.15) is 12.0 Å². The number of amides is 1. The zero-order valence-electron chi connectivity index (χ0n) is 7.08. The van der Waals surface area contributed by atoms with Gasteiger partial charge in [-0.05, 0) is 13.3 Å². The first kappa shape index (κ1) is 8.77. The number of primary amides is 1. The van der Waals surface area contributed by atoms with E-state index in [0.29, 0.717) is 6.42 Å². The molecule has 1 aromatic rings. The predicted molar refractivity (Wildman–Crippen MR) is 44.2 cm³/mol. The summed E-state index contributed by atoms with van der Waals surface area (Å²) in [6.45, 7) is 2.69. The largest absolute Gasteiger partial charge is 0.370 e. The quantitative estimate of drug-likeness (QED) is 0.697. The zero-order valence-corrected chi connectivity index (χ0v) is 7.08. The SMILES string of the molecule is Cc1n[c]cn1CCCC(N)=O. The molecule has 1 aromatic heterocycles.